The Morgan fingerprint density at radius 1 is 1.13 bits per heavy atom. The smallest absolute Gasteiger partial charge is 0.170 e. The van der Waals surface area contributed by atoms with E-state index < -0.39 is 0 Å². The van der Waals surface area contributed by atoms with Crippen LogP contribution >= 0.6 is 12.2 Å². The minimum atomic E-state index is 0.612. The number of nitrogens with one attached hydrogen (secondary N) is 2. The molecule has 1 aromatic heterocycles. The van der Waals surface area contributed by atoms with Crippen LogP contribution < -0.4 is 10.6 Å². The van der Waals surface area contributed by atoms with Gasteiger partial charge in [-0.1, -0.05) is 18.2 Å². The molecule has 2 aromatic carbocycles. The van der Waals surface area contributed by atoms with Crippen molar-refractivity contribution in [3.05, 3.63) is 42.5 Å². The van der Waals surface area contributed by atoms with E-state index in [1.165, 1.54) is 21.8 Å². The van der Waals surface area contributed by atoms with Gasteiger partial charge in [-0.05, 0) is 43.4 Å². The molecular weight excluding hydrogens is 306 g/mol. The topological polar surface area (TPSA) is 38.2 Å². The number of para-hydroxylation sites is 1. The van der Waals surface area contributed by atoms with Crippen molar-refractivity contribution in [2.75, 3.05) is 25.6 Å². The summed E-state index contributed by atoms with van der Waals surface area (Å²) in [6.07, 6.45) is 0. The van der Waals surface area contributed by atoms with Crippen molar-refractivity contribution in [2.24, 2.45) is 0 Å². The van der Waals surface area contributed by atoms with Crippen LogP contribution in [0, 0.1) is 0 Å². The van der Waals surface area contributed by atoms with Gasteiger partial charge in [-0.25, -0.2) is 0 Å². The van der Waals surface area contributed by atoms with Crippen molar-refractivity contribution in [3.8, 4) is 0 Å². The summed E-state index contributed by atoms with van der Waals surface area (Å²) < 4.78 is 7.35. The van der Waals surface area contributed by atoms with Crippen molar-refractivity contribution in [3.63, 3.8) is 0 Å². The fraction of sp³-hybridized carbons (Fsp3) is 0.278. The molecule has 3 aromatic rings. The normalized spacial score (nSPS) is 11.0. The van der Waals surface area contributed by atoms with Crippen LogP contribution in [-0.4, -0.2) is 29.9 Å². The van der Waals surface area contributed by atoms with Crippen LogP contribution in [0.5, 0.6) is 0 Å². The van der Waals surface area contributed by atoms with Crippen LogP contribution in [0.2, 0.25) is 0 Å². The summed E-state index contributed by atoms with van der Waals surface area (Å²) >= 11 is 5.31. The van der Waals surface area contributed by atoms with E-state index in [9.17, 15) is 0 Å². The van der Waals surface area contributed by atoms with Crippen molar-refractivity contribution >= 4 is 44.8 Å². The third-order valence-electron chi connectivity index (χ3n) is 3.94. The number of anilines is 1. The Labute approximate surface area is 141 Å². The quantitative estimate of drug-likeness (QED) is 0.553. The van der Waals surface area contributed by atoms with Gasteiger partial charge < -0.3 is 19.9 Å². The first kappa shape index (κ1) is 15.8. The number of aryl methyl sites for hydroxylation is 1. The summed E-state index contributed by atoms with van der Waals surface area (Å²) in [7, 11) is 1.68. The minimum absolute atomic E-state index is 0.612. The molecule has 120 valence electrons. The second-order valence-corrected chi connectivity index (χ2v) is 5.78. The zero-order valence-corrected chi connectivity index (χ0v) is 14.2. The molecule has 0 fully saturated rings. The van der Waals surface area contributed by atoms with Gasteiger partial charge in [-0.15, -0.1) is 0 Å². The molecule has 23 heavy (non-hydrogen) atoms. The molecular formula is C18H21N3OS. The first-order valence-corrected chi connectivity index (χ1v) is 8.20. The highest BCUT2D eigenvalue weighted by molar-refractivity contribution is 7.80. The molecule has 2 N–H and O–H groups in total. The second-order valence-electron chi connectivity index (χ2n) is 5.37. The molecule has 0 aliphatic carbocycles. The third kappa shape index (κ3) is 3.16. The van der Waals surface area contributed by atoms with Crippen LogP contribution in [0.15, 0.2) is 42.5 Å². The second kappa shape index (κ2) is 6.98. The first-order chi connectivity index (χ1) is 11.2. The minimum Gasteiger partial charge on any atom is -0.383 e. The molecule has 0 radical (unpaired) electrons. The number of hydrogen-bond donors (Lipinski definition) is 2. The predicted molar refractivity (Wildman–Crippen MR) is 101 cm³/mol. The number of rotatable bonds is 5. The molecule has 0 aliphatic heterocycles. The third-order valence-corrected chi connectivity index (χ3v) is 4.18. The molecule has 1 heterocycles. The fourth-order valence-corrected chi connectivity index (χ4v) is 3.13. The monoisotopic (exact) mass is 327 g/mol. The molecule has 0 unspecified atom stereocenters. The van der Waals surface area contributed by atoms with Gasteiger partial charge in [0.2, 0.25) is 0 Å². The Morgan fingerprint density at radius 2 is 1.91 bits per heavy atom. The summed E-state index contributed by atoms with van der Waals surface area (Å²) in [6, 6.07) is 14.9. The lowest BCUT2D eigenvalue weighted by atomic mass is 10.1. The molecule has 4 nitrogen and oxygen atoms in total. The number of aromatic nitrogens is 1. The highest BCUT2D eigenvalue weighted by Crippen LogP contribution is 2.30. The predicted octanol–water partition coefficient (Wildman–Crippen LogP) is 3.75. The van der Waals surface area contributed by atoms with Gasteiger partial charge in [0.15, 0.2) is 5.11 Å². The van der Waals surface area contributed by atoms with Crippen LogP contribution in [0.1, 0.15) is 6.92 Å². The molecule has 5 heteroatoms. The van der Waals surface area contributed by atoms with Gasteiger partial charge in [0.1, 0.15) is 0 Å². The van der Waals surface area contributed by atoms with Gasteiger partial charge in [0.25, 0.3) is 0 Å². The highest BCUT2D eigenvalue weighted by atomic mass is 32.1. The summed E-state index contributed by atoms with van der Waals surface area (Å²) in [6.45, 7) is 4.45. The molecule has 0 spiro atoms. The van der Waals surface area contributed by atoms with Crippen molar-refractivity contribution in [2.45, 2.75) is 13.5 Å². The van der Waals surface area contributed by atoms with Crippen molar-refractivity contribution in [1.82, 2.24) is 9.88 Å². The largest absolute Gasteiger partial charge is 0.383 e. The molecule has 3 rings (SSSR count). The van der Waals surface area contributed by atoms with Crippen LogP contribution in [0.4, 0.5) is 5.69 Å². The van der Waals surface area contributed by atoms with Crippen LogP contribution in [0.25, 0.3) is 21.8 Å². The maximum atomic E-state index is 5.31. The lowest BCUT2D eigenvalue weighted by Gasteiger charge is -2.10. The maximum Gasteiger partial charge on any atom is 0.170 e. The van der Waals surface area contributed by atoms with Crippen LogP contribution in [0.3, 0.4) is 0 Å². The molecule has 0 bridgehead atoms. The van der Waals surface area contributed by atoms with E-state index in [1.807, 2.05) is 0 Å². The average Bonchev–Trinajstić information content (AvgIpc) is 2.88. The number of ether oxygens (including phenoxy) is 1. The van der Waals surface area contributed by atoms with E-state index in [2.05, 4.69) is 64.6 Å². The number of methoxy groups -OCH3 is 1. The zero-order valence-electron chi connectivity index (χ0n) is 13.4. The highest BCUT2D eigenvalue weighted by Gasteiger charge is 2.09. The van der Waals surface area contributed by atoms with E-state index in [1.54, 1.807) is 7.11 Å². The Hall–Kier alpha value is -2.11. The van der Waals surface area contributed by atoms with Gasteiger partial charge in [0, 0.05) is 47.7 Å². The number of thiocarbonyl (C=S) groups is 1. The fourth-order valence-electron chi connectivity index (χ4n) is 2.91. The van der Waals surface area contributed by atoms with E-state index in [0.717, 1.165) is 12.2 Å². The van der Waals surface area contributed by atoms with Crippen LogP contribution in [-0.2, 0) is 11.3 Å². The Kier molecular flexibility index (Phi) is 4.79. The van der Waals surface area contributed by atoms with Gasteiger partial charge in [-0.2, -0.15) is 0 Å². The number of nitrogens with zero attached hydrogens (tertiary/aromatic N) is 1. The van der Waals surface area contributed by atoms with E-state index in [0.29, 0.717) is 18.3 Å². The maximum absolute atomic E-state index is 5.31. The molecule has 0 atom stereocenters. The Morgan fingerprint density at radius 3 is 2.70 bits per heavy atom. The number of hydrogen-bond acceptors (Lipinski definition) is 2. The van der Waals surface area contributed by atoms with Gasteiger partial charge >= 0.3 is 0 Å². The van der Waals surface area contributed by atoms with Gasteiger partial charge in [-0.3, -0.25) is 0 Å². The van der Waals surface area contributed by atoms with Crippen molar-refractivity contribution < 1.29 is 4.74 Å². The first-order valence-electron chi connectivity index (χ1n) is 7.79. The van der Waals surface area contributed by atoms with E-state index >= 15 is 0 Å². The molecule has 0 saturated heterocycles. The summed E-state index contributed by atoms with van der Waals surface area (Å²) in [5.41, 5.74) is 3.51. The molecule has 0 amide bonds. The van der Waals surface area contributed by atoms with Gasteiger partial charge in [0.05, 0.1) is 6.61 Å². The zero-order chi connectivity index (χ0) is 16.2. The summed E-state index contributed by atoms with van der Waals surface area (Å²) in [4.78, 5) is 0. The Bertz CT molecular complexity index is 841. The summed E-state index contributed by atoms with van der Waals surface area (Å²) in [5.74, 6) is 0. The standard InChI is InChI=1S/C18H21N3OS/c1-3-21-16-7-5-4-6-14(16)15-12-13(8-9-17(15)21)20-18(23)19-10-11-22-2/h4-9,12H,3,10-11H2,1-2H3,(H2,19,20,23). The lowest BCUT2D eigenvalue weighted by molar-refractivity contribution is 0.204. The summed E-state index contributed by atoms with van der Waals surface area (Å²) in [5, 5.41) is 9.49. The Balaban J connectivity index is 1.93. The van der Waals surface area contributed by atoms with E-state index in [4.69, 9.17) is 17.0 Å². The molecule has 0 saturated carbocycles. The average molecular weight is 327 g/mol. The number of fused-ring (bicyclic) bond motifs is 3. The SMILES string of the molecule is CCn1c2ccccc2c2cc(NC(=S)NCCOC)ccc21. The number of benzene rings is 2. The van der Waals surface area contributed by atoms with E-state index in [-0.39, 0.29) is 0 Å². The van der Waals surface area contributed by atoms with Crippen molar-refractivity contribution in [1.29, 1.82) is 0 Å². The molecule has 0 aliphatic rings. The lowest BCUT2D eigenvalue weighted by Crippen LogP contribution is -2.31.